The minimum absolute atomic E-state index is 0.0312. The lowest BCUT2D eigenvalue weighted by molar-refractivity contribution is -0.139. The van der Waals surface area contributed by atoms with Crippen LogP contribution in [0.25, 0.3) is 11.3 Å². The average Bonchev–Trinajstić information content (AvgIpc) is 3.33. The summed E-state index contributed by atoms with van der Waals surface area (Å²) in [5, 5.41) is 3.29. The molecule has 1 saturated heterocycles. The first-order valence-corrected chi connectivity index (χ1v) is 13.1. The van der Waals surface area contributed by atoms with E-state index in [1.165, 1.54) is 12.4 Å². The highest BCUT2D eigenvalue weighted by molar-refractivity contribution is 5.61. The number of nitrogens with two attached hydrogens (primary N) is 1. The molecule has 1 fully saturated rings. The summed E-state index contributed by atoms with van der Waals surface area (Å²) in [6.45, 7) is 4.89. The molecule has 212 valence electrons. The highest BCUT2D eigenvalue weighted by Crippen LogP contribution is 2.37. The summed E-state index contributed by atoms with van der Waals surface area (Å²) in [4.78, 5) is 17.8. The Morgan fingerprint density at radius 2 is 1.90 bits per heavy atom. The van der Waals surface area contributed by atoms with Gasteiger partial charge in [0.1, 0.15) is 29.6 Å². The third-order valence-corrected chi connectivity index (χ3v) is 7.32. The van der Waals surface area contributed by atoms with Gasteiger partial charge in [0.25, 0.3) is 0 Å². The molecule has 3 N–H and O–H groups in total. The van der Waals surface area contributed by atoms with Gasteiger partial charge in [-0.15, -0.1) is 0 Å². The maximum atomic E-state index is 13.9. The van der Waals surface area contributed by atoms with Gasteiger partial charge in [-0.3, -0.25) is 0 Å². The van der Waals surface area contributed by atoms with Gasteiger partial charge in [0.2, 0.25) is 0 Å². The van der Waals surface area contributed by atoms with Crippen LogP contribution < -0.4 is 16.0 Å². The number of anilines is 2. The van der Waals surface area contributed by atoms with E-state index in [-0.39, 0.29) is 17.5 Å². The molecule has 1 aliphatic rings. The van der Waals surface area contributed by atoms with E-state index in [4.69, 9.17) is 10.7 Å². The lowest BCUT2D eigenvalue weighted by atomic mass is 9.95. The second-order valence-electron chi connectivity index (χ2n) is 10.2. The van der Waals surface area contributed by atoms with E-state index in [2.05, 4.69) is 27.1 Å². The molecular formula is C27H36F4N8. The molecule has 3 heterocycles. The number of hydrogen-bond donors (Lipinski definition) is 2. The summed E-state index contributed by atoms with van der Waals surface area (Å²) in [6.07, 6.45) is 0.894. The van der Waals surface area contributed by atoms with Gasteiger partial charge in [-0.25, -0.2) is 19.3 Å². The van der Waals surface area contributed by atoms with Crippen molar-refractivity contribution in [3.05, 3.63) is 53.5 Å². The monoisotopic (exact) mass is 548 g/mol. The van der Waals surface area contributed by atoms with E-state index in [1.807, 2.05) is 30.6 Å². The van der Waals surface area contributed by atoms with Crippen molar-refractivity contribution in [1.29, 1.82) is 0 Å². The second kappa shape index (κ2) is 11.9. The van der Waals surface area contributed by atoms with E-state index in [0.29, 0.717) is 18.1 Å². The van der Waals surface area contributed by atoms with Gasteiger partial charge in [-0.2, -0.15) is 13.2 Å². The van der Waals surface area contributed by atoms with E-state index in [9.17, 15) is 17.6 Å². The van der Waals surface area contributed by atoms with Crippen LogP contribution in [0, 0.1) is 5.82 Å². The lowest BCUT2D eigenvalue weighted by Gasteiger charge is -2.35. The van der Waals surface area contributed by atoms with Crippen LogP contribution >= 0.6 is 0 Å². The van der Waals surface area contributed by atoms with Crippen molar-refractivity contribution >= 4 is 11.6 Å². The number of likely N-dealkylation sites (N-methyl/N-ethyl adjacent to an activating group) is 1. The molecular weight excluding hydrogens is 512 g/mol. The van der Waals surface area contributed by atoms with E-state index in [0.717, 1.165) is 68.2 Å². The number of nitrogen functional groups attached to an aromatic ring is 1. The number of hydrogen-bond acceptors (Lipinski definition) is 7. The molecule has 39 heavy (non-hydrogen) atoms. The molecule has 2 aromatic heterocycles. The Kier molecular flexibility index (Phi) is 8.75. The number of nitrogens with zero attached hydrogens (tertiary/aromatic N) is 6. The van der Waals surface area contributed by atoms with Crippen LogP contribution in [0.3, 0.4) is 0 Å². The van der Waals surface area contributed by atoms with Crippen LogP contribution in [0.5, 0.6) is 0 Å². The molecule has 0 spiro atoms. The summed E-state index contributed by atoms with van der Waals surface area (Å²) in [5.74, 6) is 0.927. The Balaban J connectivity index is 1.61. The largest absolute Gasteiger partial charge is 0.419 e. The lowest BCUT2D eigenvalue weighted by Crippen LogP contribution is -2.36. The molecule has 0 saturated carbocycles. The molecule has 1 atom stereocenters. The molecule has 1 aromatic carbocycles. The topological polar surface area (TPSA) is 88.1 Å². The van der Waals surface area contributed by atoms with Gasteiger partial charge in [0.05, 0.1) is 16.8 Å². The second-order valence-corrected chi connectivity index (χ2v) is 10.2. The van der Waals surface area contributed by atoms with E-state index >= 15 is 0 Å². The Hall–Kier alpha value is -3.25. The molecule has 0 bridgehead atoms. The molecule has 0 aliphatic carbocycles. The minimum atomic E-state index is -4.78. The van der Waals surface area contributed by atoms with E-state index in [1.54, 1.807) is 6.20 Å². The molecule has 1 aliphatic heterocycles. The maximum Gasteiger partial charge on any atom is 0.419 e. The van der Waals surface area contributed by atoms with Crippen LogP contribution in [-0.4, -0.2) is 65.2 Å². The van der Waals surface area contributed by atoms with Crippen molar-refractivity contribution in [2.75, 3.05) is 51.4 Å². The van der Waals surface area contributed by atoms with Crippen LogP contribution in [0.15, 0.2) is 30.7 Å². The Labute approximate surface area is 226 Å². The zero-order valence-corrected chi connectivity index (χ0v) is 22.8. The molecule has 3 aromatic rings. The van der Waals surface area contributed by atoms with Crippen LogP contribution in [0.1, 0.15) is 55.1 Å². The van der Waals surface area contributed by atoms with Gasteiger partial charge < -0.3 is 25.4 Å². The number of aromatic nitrogens is 4. The highest BCUT2D eigenvalue weighted by Gasteiger charge is 2.35. The summed E-state index contributed by atoms with van der Waals surface area (Å²) in [5.41, 5.74) is 6.51. The van der Waals surface area contributed by atoms with Crippen molar-refractivity contribution in [3.8, 4) is 11.3 Å². The van der Waals surface area contributed by atoms with Crippen molar-refractivity contribution < 1.29 is 17.6 Å². The number of nitrogens with one attached hydrogen (secondary N) is 1. The smallest absolute Gasteiger partial charge is 0.383 e. The van der Waals surface area contributed by atoms with Crippen LogP contribution in [-0.2, 0) is 12.7 Å². The number of halogens is 4. The first-order chi connectivity index (χ1) is 18.5. The quantitative estimate of drug-likeness (QED) is 0.375. The first-order valence-electron chi connectivity index (χ1n) is 13.1. The average molecular weight is 549 g/mol. The Morgan fingerprint density at radius 3 is 2.51 bits per heavy atom. The fourth-order valence-electron chi connectivity index (χ4n) is 5.17. The third kappa shape index (κ3) is 6.33. The Morgan fingerprint density at radius 1 is 1.18 bits per heavy atom. The fraction of sp³-hybridized carbons (Fsp3) is 0.519. The molecule has 12 heteroatoms. The number of imidazole rings is 1. The van der Waals surface area contributed by atoms with E-state index < -0.39 is 17.6 Å². The summed E-state index contributed by atoms with van der Waals surface area (Å²) in [7, 11) is 5.82. The van der Waals surface area contributed by atoms with Gasteiger partial charge in [-0.1, -0.05) is 6.92 Å². The van der Waals surface area contributed by atoms with Gasteiger partial charge >= 0.3 is 6.18 Å². The summed E-state index contributed by atoms with van der Waals surface area (Å²) < 4.78 is 56.0. The van der Waals surface area contributed by atoms with Crippen LogP contribution in [0.2, 0.25) is 0 Å². The standard InChI is InChI=1S/C27H36F4N8/c1-5-21(33-2)23-24(32)34-16-35-26(23)38-10-8-17(9-11-38)25-36-22(15-39(25)13-12-37(3)4)18-6-7-20(28)19(14-18)27(29,30)31/h6-7,14-17,21,33H,5,8-13H2,1-4H3,(H2,32,34,35). The third-order valence-electron chi connectivity index (χ3n) is 7.32. The molecule has 8 nitrogen and oxygen atoms in total. The summed E-state index contributed by atoms with van der Waals surface area (Å²) in [6, 6.07) is 3.08. The number of rotatable bonds is 9. The number of alkyl halides is 3. The first kappa shape index (κ1) is 28.8. The highest BCUT2D eigenvalue weighted by atomic mass is 19.4. The molecule has 0 amide bonds. The maximum absolute atomic E-state index is 13.9. The van der Waals surface area contributed by atoms with Gasteiger partial charge in [0, 0.05) is 49.9 Å². The van der Waals surface area contributed by atoms with Crippen molar-refractivity contribution in [2.24, 2.45) is 0 Å². The molecule has 0 radical (unpaired) electrons. The SMILES string of the molecule is CCC(NC)c1c(N)ncnc1N1CCC(c2nc(-c3ccc(F)c(C(F)(F)F)c3)cn2CCN(C)C)CC1. The van der Waals surface area contributed by atoms with Gasteiger partial charge in [-0.05, 0) is 58.6 Å². The number of piperidine rings is 1. The minimum Gasteiger partial charge on any atom is -0.383 e. The predicted octanol–water partition coefficient (Wildman–Crippen LogP) is 4.70. The van der Waals surface area contributed by atoms with Crippen molar-refractivity contribution in [2.45, 2.75) is 50.9 Å². The molecule has 1 unspecified atom stereocenters. The Bertz CT molecular complexity index is 1260. The summed E-state index contributed by atoms with van der Waals surface area (Å²) >= 11 is 0. The zero-order valence-electron chi connectivity index (χ0n) is 22.8. The molecule has 4 rings (SSSR count). The predicted molar refractivity (Wildman–Crippen MR) is 144 cm³/mol. The fourth-order valence-corrected chi connectivity index (χ4v) is 5.17. The van der Waals surface area contributed by atoms with Crippen molar-refractivity contribution in [1.82, 2.24) is 29.7 Å². The van der Waals surface area contributed by atoms with Gasteiger partial charge in [0.15, 0.2) is 0 Å². The van der Waals surface area contributed by atoms with Crippen LogP contribution in [0.4, 0.5) is 29.2 Å². The number of benzene rings is 1. The van der Waals surface area contributed by atoms with Crippen molar-refractivity contribution in [3.63, 3.8) is 0 Å². The normalized spacial score (nSPS) is 15.8. The zero-order chi connectivity index (χ0) is 28.3.